The number of hydrogen-bond acceptors (Lipinski definition) is 3. The SMILES string of the molecule is Cc1ccc(Cc2nc3c(c(=O)[nH]2)CSC3)cc1C. The van der Waals surface area contributed by atoms with E-state index in [-0.39, 0.29) is 5.56 Å². The van der Waals surface area contributed by atoms with Crippen molar-refractivity contribution < 1.29 is 0 Å². The van der Waals surface area contributed by atoms with Crippen molar-refractivity contribution in [3.63, 3.8) is 0 Å². The Labute approximate surface area is 116 Å². The Kier molecular flexibility index (Phi) is 3.19. The Morgan fingerprint density at radius 1 is 1.26 bits per heavy atom. The van der Waals surface area contributed by atoms with Gasteiger partial charge in [0.1, 0.15) is 5.82 Å². The van der Waals surface area contributed by atoms with Crippen LogP contribution in [0.1, 0.15) is 33.8 Å². The van der Waals surface area contributed by atoms with Crippen molar-refractivity contribution in [3.05, 3.63) is 62.3 Å². The van der Waals surface area contributed by atoms with Crippen molar-refractivity contribution in [1.29, 1.82) is 0 Å². The zero-order valence-corrected chi connectivity index (χ0v) is 11.9. The second-order valence-electron chi connectivity index (χ2n) is 5.03. The van der Waals surface area contributed by atoms with E-state index >= 15 is 0 Å². The first-order valence-corrected chi connectivity index (χ1v) is 7.54. The molecular weight excluding hydrogens is 256 g/mol. The number of nitrogens with zero attached hydrogens (tertiary/aromatic N) is 1. The van der Waals surface area contributed by atoms with Gasteiger partial charge in [-0.1, -0.05) is 18.2 Å². The molecule has 1 aliphatic heterocycles. The van der Waals surface area contributed by atoms with Crippen molar-refractivity contribution in [2.45, 2.75) is 31.8 Å². The third-order valence-corrected chi connectivity index (χ3v) is 4.55. The second-order valence-corrected chi connectivity index (χ2v) is 6.01. The van der Waals surface area contributed by atoms with Crippen molar-refractivity contribution in [2.24, 2.45) is 0 Å². The first kappa shape index (κ1) is 12.5. The van der Waals surface area contributed by atoms with Crippen molar-refractivity contribution >= 4 is 11.8 Å². The van der Waals surface area contributed by atoms with E-state index in [0.717, 1.165) is 28.6 Å². The lowest BCUT2D eigenvalue weighted by Crippen LogP contribution is -2.17. The topological polar surface area (TPSA) is 45.8 Å². The Bertz CT molecular complexity index is 691. The van der Waals surface area contributed by atoms with Crippen LogP contribution in [0.2, 0.25) is 0 Å². The number of nitrogens with one attached hydrogen (secondary N) is 1. The van der Waals surface area contributed by atoms with Gasteiger partial charge in [0.15, 0.2) is 0 Å². The molecule has 19 heavy (non-hydrogen) atoms. The molecule has 0 fully saturated rings. The number of H-pyrrole nitrogens is 1. The highest BCUT2D eigenvalue weighted by atomic mass is 32.2. The van der Waals surface area contributed by atoms with Gasteiger partial charge >= 0.3 is 0 Å². The van der Waals surface area contributed by atoms with E-state index in [2.05, 4.69) is 42.0 Å². The van der Waals surface area contributed by atoms with E-state index in [1.807, 2.05) is 0 Å². The van der Waals surface area contributed by atoms with Crippen LogP contribution >= 0.6 is 11.8 Å². The van der Waals surface area contributed by atoms with Gasteiger partial charge < -0.3 is 4.98 Å². The normalized spacial score (nSPS) is 13.6. The molecule has 3 nitrogen and oxygen atoms in total. The van der Waals surface area contributed by atoms with Gasteiger partial charge in [-0.25, -0.2) is 4.98 Å². The molecule has 2 heterocycles. The van der Waals surface area contributed by atoms with Gasteiger partial charge in [-0.3, -0.25) is 4.79 Å². The Hall–Kier alpha value is -1.55. The number of aromatic amines is 1. The summed E-state index contributed by atoms with van der Waals surface area (Å²) in [6, 6.07) is 6.38. The lowest BCUT2D eigenvalue weighted by molar-refractivity contribution is 0.902. The minimum atomic E-state index is 0.0360. The van der Waals surface area contributed by atoms with Crippen LogP contribution in [0.5, 0.6) is 0 Å². The molecule has 1 aliphatic rings. The van der Waals surface area contributed by atoms with Gasteiger partial charge in [0.25, 0.3) is 5.56 Å². The molecule has 4 heteroatoms. The number of aryl methyl sites for hydroxylation is 2. The van der Waals surface area contributed by atoms with Gasteiger partial charge in [0, 0.05) is 23.5 Å². The van der Waals surface area contributed by atoms with Gasteiger partial charge in [-0.2, -0.15) is 11.8 Å². The number of thioether (sulfide) groups is 1. The molecule has 98 valence electrons. The maximum atomic E-state index is 11.9. The van der Waals surface area contributed by atoms with Gasteiger partial charge in [0.2, 0.25) is 0 Å². The Morgan fingerprint density at radius 3 is 2.89 bits per heavy atom. The van der Waals surface area contributed by atoms with Gasteiger partial charge in [-0.05, 0) is 30.5 Å². The summed E-state index contributed by atoms with van der Waals surface area (Å²) in [6.45, 7) is 4.21. The van der Waals surface area contributed by atoms with E-state index in [9.17, 15) is 4.79 Å². The van der Waals surface area contributed by atoms with Gasteiger partial charge in [0.05, 0.1) is 5.69 Å². The molecule has 0 aliphatic carbocycles. The number of aromatic nitrogens is 2. The van der Waals surface area contributed by atoms with E-state index in [4.69, 9.17) is 0 Å². The van der Waals surface area contributed by atoms with Crippen LogP contribution in [0.4, 0.5) is 0 Å². The first-order chi connectivity index (χ1) is 9.13. The number of benzene rings is 1. The molecule has 0 atom stereocenters. The number of rotatable bonds is 2. The minimum Gasteiger partial charge on any atom is -0.310 e. The number of fused-ring (bicyclic) bond motifs is 1. The molecule has 0 unspecified atom stereocenters. The molecule has 0 amide bonds. The maximum Gasteiger partial charge on any atom is 0.255 e. The predicted octanol–water partition coefficient (Wildman–Crippen LogP) is 2.72. The molecule has 3 rings (SSSR count). The van der Waals surface area contributed by atoms with Crippen LogP contribution in [0.3, 0.4) is 0 Å². The summed E-state index contributed by atoms with van der Waals surface area (Å²) in [6.07, 6.45) is 0.689. The van der Waals surface area contributed by atoms with Crippen molar-refractivity contribution in [3.8, 4) is 0 Å². The molecule has 1 aromatic carbocycles. The van der Waals surface area contributed by atoms with E-state index in [1.165, 1.54) is 16.7 Å². The highest BCUT2D eigenvalue weighted by Crippen LogP contribution is 2.25. The van der Waals surface area contributed by atoms with Crippen LogP contribution in [-0.2, 0) is 17.9 Å². The fraction of sp³-hybridized carbons (Fsp3) is 0.333. The van der Waals surface area contributed by atoms with E-state index < -0.39 is 0 Å². The summed E-state index contributed by atoms with van der Waals surface area (Å²) in [7, 11) is 0. The zero-order valence-electron chi connectivity index (χ0n) is 11.1. The lowest BCUT2D eigenvalue weighted by atomic mass is 10.0. The van der Waals surface area contributed by atoms with E-state index in [1.54, 1.807) is 11.8 Å². The molecule has 1 N–H and O–H groups in total. The molecule has 0 spiro atoms. The average molecular weight is 272 g/mol. The zero-order chi connectivity index (χ0) is 13.4. The molecule has 0 saturated carbocycles. The molecule has 0 saturated heterocycles. The predicted molar refractivity (Wildman–Crippen MR) is 78.6 cm³/mol. The standard InChI is InChI=1S/C15H16N2OS/c1-9-3-4-11(5-10(9)2)6-14-16-13-8-19-7-12(13)15(18)17-14/h3-5H,6-8H2,1-2H3,(H,16,17,18). The number of hydrogen-bond donors (Lipinski definition) is 1. The molecule has 2 aromatic rings. The summed E-state index contributed by atoms with van der Waals surface area (Å²) >= 11 is 1.75. The van der Waals surface area contributed by atoms with Crippen LogP contribution < -0.4 is 5.56 Å². The summed E-state index contributed by atoms with van der Waals surface area (Å²) in [4.78, 5) is 19.4. The monoisotopic (exact) mass is 272 g/mol. The summed E-state index contributed by atoms with van der Waals surface area (Å²) in [5, 5.41) is 0. The Balaban J connectivity index is 1.93. The highest BCUT2D eigenvalue weighted by molar-refractivity contribution is 7.98. The molecule has 0 radical (unpaired) electrons. The molecule has 0 bridgehead atoms. The van der Waals surface area contributed by atoms with Crippen LogP contribution in [0, 0.1) is 13.8 Å². The summed E-state index contributed by atoms with van der Waals surface area (Å²) in [5.74, 6) is 2.43. The lowest BCUT2D eigenvalue weighted by Gasteiger charge is -2.06. The van der Waals surface area contributed by atoms with Crippen molar-refractivity contribution in [2.75, 3.05) is 0 Å². The van der Waals surface area contributed by atoms with Crippen LogP contribution in [-0.4, -0.2) is 9.97 Å². The smallest absolute Gasteiger partial charge is 0.255 e. The third kappa shape index (κ3) is 2.45. The first-order valence-electron chi connectivity index (χ1n) is 6.38. The minimum absolute atomic E-state index is 0.0360. The molecular formula is C15H16N2OS. The second kappa shape index (κ2) is 4.85. The fourth-order valence-electron chi connectivity index (χ4n) is 2.30. The summed E-state index contributed by atoms with van der Waals surface area (Å²) < 4.78 is 0. The van der Waals surface area contributed by atoms with Crippen LogP contribution in [0.15, 0.2) is 23.0 Å². The maximum absolute atomic E-state index is 11.9. The molecule has 1 aromatic heterocycles. The fourth-order valence-corrected chi connectivity index (χ4v) is 3.34. The van der Waals surface area contributed by atoms with E-state index in [0.29, 0.717) is 6.42 Å². The third-order valence-electron chi connectivity index (χ3n) is 3.58. The van der Waals surface area contributed by atoms with Crippen LogP contribution in [0.25, 0.3) is 0 Å². The largest absolute Gasteiger partial charge is 0.310 e. The summed E-state index contributed by atoms with van der Waals surface area (Å²) in [5.41, 5.74) is 5.61. The average Bonchev–Trinajstić information content (AvgIpc) is 2.82. The highest BCUT2D eigenvalue weighted by Gasteiger charge is 2.17. The Morgan fingerprint density at radius 2 is 2.11 bits per heavy atom. The quantitative estimate of drug-likeness (QED) is 0.914. The van der Waals surface area contributed by atoms with Gasteiger partial charge in [-0.15, -0.1) is 0 Å². The van der Waals surface area contributed by atoms with Crippen molar-refractivity contribution in [1.82, 2.24) is 9.97 Å².